The second-order valence-electron chi connectivity index (χ2n) is 8.67. The van der Waals surface area contributed by atoms with Crippen molar-refractivity contribution in [3.05, 3.63) is 23.7 Å². The molecule has 1 aromatic heterocycles. The Morgan fingerprint density at radius 2 is 2.11 bits per heavy atom. The smallest absolute Gasteiger partial charge is 0.265 e. The molecule has 0 bridgehead atoms. The van der Waals surface area contributed by atoms with Gasteiger partial charge in [-0.15, -0.1) is 0 Å². The molecular weight excluding hydrogens is 346 g/mol. The van der Waals surface area contributed by atoms with Gasteiger partial charge in [0.2, 0.25) is 0 Å². The molecule has 0 N–H and O–H groups in total. The van der Waals surface area contributed by atoms with E-state index in [9.17, 15) is 4.79 Å². The molecule has 0 radical (unpaired) electrons. The van der Waals surface area contributed by atoms with E-state index < -0.39 is 0 Å². The lowest BCUT2D eigenvalue weighted by Gasteiger charge is -2.55. The molecule has 4 aliphatic rings. The molecule has 1 atom stereocenters. The first-order valence-electron chi connectivity index (χ1n) is 10.2. The summed E-state index contributed by atoms with van der Waals surface area (Å²) in [6, 6.07) is 3.86. The first kappa shape index (κ1) is 17.7. The van der Waals surface area contributed by atoms with Crippen LogP contribution >= 0.6 is 0 Å². The second-order valence-corrected chi connectivity index (χ2v) is 8.67. The molecule has 0 unspecified atom stereocenters. The summed E-state index contributed by atoms with van der Waals surface area (Å²) >= 11 is 0. The molecule has 27 heavy (non-hydrogen) atoms. The number of carbonyl (C=O) groups is 1. The molecule has 3 saturated heterocycles. The Morgan fingerprint density at radius 1 is 1.26 bits per heavy atom. The monoisotopic (exact) mass is 375 g/mol. The number of hydrogen-bond donors (Lipinski definition) is 0. The maximum Gasteiger partial charge on any atom is 0.265 e. The van der Waals surface area contributed by atoms with Gasteiger partial charge in [-0.3, -0.25) is 19.4 Å². The molecule has 1 spiro atoms. The van der Waals surface area contributed by atoms with Crippen LogP contribution < -0.4 is 0 Å². The predicted octanol–water partition coefficient (Wildman–Crippen LogP) is 1.42. The van der Waals surface area contributed by atoms with Crippen molar-refractivity contribution in [2.45, 2.75) is 44.4 Å². The number of amides is 1. The highest BCUT2D eigenvalue weighted by molar-refractivity contribution is 5.81. The quantitative estimate of drug-likeness (QED) is 0.776. The molecule has 1 amide bonds. The number of hydrogen-bond acceptors (Lipinski definition) is 6. The molecule has 1 aliphatic carbocycles. The van der Waals surface area contributed by atoms with Gasteiger partial charge in [-0.1, -0.05) is 0 Å². The molecule has 148 valence electrons. The average molecular weight is 375 g/mol. The standard InChI is InChI=1S/C20H29N3O4/c1-15-3-6-17(27-15)10-21-12-20(13-21)14-22(9-16-4-5-16)18(11-25-20)19(24)23-7-2-8-26-23/h3,6,16,18H,2,4-5,7-14H2,1H3/t18-/m0/s1. The molecule has 5 rings (SSSR count). The first-order valence-corrected chi connectivity index (χ1v) is 10.2. The van der Waals surface area contributed by atoms with E-state index in [0.29, 0.717) is 19.8 Å². The van der Waals surface area contributed by atoms with Crippen LogP contribution in [-0.2, 0) is 20.9 Å². The van der Waals surface area contributed by atoms with Crippen molar-refractivity contribution in [1.82, 2.24) is 14.9 Å². The van der Waals surface area contributed by atoms with Crippen molar-refractivity contribution in [2.24, 2.45) is 5.92 Å². The Kier molecular flexibility index (Phi) is 4.50. The van der Waals surface area contributed by atoms with Gasteiger partial charge in [0.25, 0.3) is 5.91 Å². The molecule has 3 aliphatic heterocycles. The van der Waals surface area contributed by atoms with Gasteiger partial charge in [0.1, 0.15) is 23.2 Å². The van der Waals surface area contributed by atoms with Gasteiger partial charge >= 0.3 is 0 Å². The number of nitrogens with zero attached hydrogens (tertiary/aromatic N) is 3. The van der Waals surface area contributed by atoms with Gasteiger partial charge < -0.3 is 9.15 Å². The highest BCUT2D eigenvalue weighted by Crippen LogP contribution is 2.36. The highest BCUT2D eigenvalue weighted by Gasteiger charge is 2.51. The van der Waals surface area contributed by atoms with Crippen molar-refractivity contribution < 1.29 is 18.8 Å². The van der Waals surface area contributed by atoms with Crippen LogP contribution in [0, 0.1) is 12.8 Å². The number of likely N-dealkylation sites (tertiary alicyclic amines) is 1. The van der Waals surface area contributed by atoms with Crippen molar-refractivity contribution in [3.8, 4) is 0 Å². The fourth-order valence-electron chi connectivity index (χ4n) is 4.59. The number of aryl methyl sites for hydroxylation is 1. The summed E-state index contributed by atoms with van der Waals surface area (Å²) in [6.45, 7) is 8.26. The normalized spacial score (nSPS) is 28.6. The summed E-state index contributed by atoms with van der Waals surface area (Å²) in [5.41, 5.74) is -0.140. The molecule has 4 fully saturated rings. The maximum atomic E-state index is 12.9. The zero-order chi connectivity index (χ0) is 18.4. The molecule has 7 heteroatoms. The number of rotatable bonds is 5. The minimum Gasteiger partial charge on any atom is -0.465 e. The van der Waals surface area contributed by atoms with E-state index in [4.69, 9.17) is 14.0 Å². The lowest BCUT2D eigenvalue weighted by molar-refractivity contribution is -0.216. The van der Waals surface area contributed by atoms with Crippen LogP contribution in [0.2, 0.25) is 0 Å². The van der Waals surface area contributed by atoms with Crippen molar-refractivity contribution >= 4 is 5.91 Å². The molecule has 7 nitrogen and oxygen atoms in total. The summed E-state index contributed by atoms with van der Waals surface area (Å²) in [6.07, 6.45) is 3.50. The summed E-state index contributed by atoms with van der Waals surface area (Å²) in [5.74, 6) is 2.78. The zero-order valence-corrected chi connectivity index (χ0v) is 16.1. The van der Waals surface area contributed by atoms with E-state index in [1.54, 1.807) is 5.06 Å². The number of hydroxylamine groups is 2. The molecule has 1 aromatic rings. The van der Waals surface area contributed by atoms with E-state index in [2.05, 4.69) is 9.80 Å². The van der Waals surface area contributed by atoms with Gasteiger partial charge in [0.05, 0.1) is 26.3 Å². The maximum absolute atomic E-state index is 12.9. The Balaban J connectivity index is 1.21. The van der Waals surface area contributed by atoms with Crippen LogP contribution in [0.1, 0.15) is 30.8 Å². The Bertz CT molecular complexity index is 689. The molecule has 4 heterocycles. The second kappa shape index (κ2) is 6.88. The van der Waals surface area contributed by atoms with Crippen molar-refractivity contribution in [2.75, 3.05) is 45.9 Å². The third kappa shape index (κ3) is 3.66. The van der Waals surface area contributed by atoms with Gasteiger partial charge in [-0.25, -0.2) is 5.06 Å². The van der Waals surface area contributed by atoms with Crippen LogP contribution in [0.4, 0.5) is 0 Å². The van der Waals surface area contributed by atoms with E-state index in [1.165, 1.54) is 12.8 Å². The summed E-state index contributed by atoms with van der Waals surface area (Å²) < 4.78 is 12.0. The van der Waals surface area contributed by atoms with E-state index in [-0.39, 0.29) is 17.6 Å². The summed E-state index contributed by atoms with van der Waals surface area (Å²) in [5, 5.41) is 1.55. The minimum absolute atomic E-state index is 0.0743. The molecular formula is C20H29N3O4. The third-order valence-corrected chi connectivity index (χ3v) is 6.15. The van der Waals surface area contributed by atoms with Gasteiger partial charge in [0.15, 0.2) is 0 Å². The first-order chi connectivity index (χ1) is 13.1. The Hall–Kier alpha value is -1.41. The third-order valence-electron chi connectivity index (χ3n) is 6.15. The summed E-state index contributed by atoms with van der Waals surface area (Å²) in [7, 11) is 0. The lowest BCUT2D eigenvalue weighted by atomic mass is 9.90. The number of carbonyl (C=O) groups excluding carboxylic acids is 1. The molecule has 1 saturated carbocycles. The van der Waals surface area contributed by atoms with Crippen molar-refractivity contribution in [3.63, 3.8) is 0 Å². The van der Waals surface area contributed by atoms with Gasteiger partial charge in [0, 0.05) is 26.2 Å². The largest absolute Gasteiger partial charge is 0.465 e. The topological polar surface area (TPSA) is 58.4 Å². The van der Waals surface area contributed by atoms with Crippen LogP contribution in [0.5, 0.6) is 0 Å². The Morgan fingerprint density at radius 3 is 2.78 bits per heavy atom. The predicted molar refractivity (Wildman–Crippen MR) is 97.8 cm³/mol. The van der Waals surface area contributed by atoms with Crippen LogP contribution in [0.25, 0.3) is 0 Å². The molecule has 0 aromatic carbocycles. The average Bonchev–Trinajstić information content (AvgIpc) is 3.10. The SMILES string of the molecule is Cc1ccc(CN2CC3(C2)CN(CC2CC2)[C@H](C(=O)N2CCCO2)CO3)o1. The lowest BCUT2D eigenvalue weighted by Crippen LogP contribution is -2.72. The zero-order valence-electron chi connectivity index (χ0n) is 16.1. The fraction of sp³-hybridized carbons (Fsp3) is 0.750. The van der Waals surface area contributed by atoms with Crippen LogP contribution in [-0.4, -0.2) is 78.4 Å². The Labute approximate surface area is 160 Å². The van der Waals surface area contributed by atoms with E-state index >= 15 is 0 Å². The minimum atomic E-state index is -0.198. The van der Waals surface area contributed by atoms with Crippen molar-refractivity contribution in [1.29, 1.82) is 0 Å². The fourth-order valence-corrected chi connectivity index (χ4v) is 4.59. The van der Waals surface area contributed by atoms with Gasteiger partial charge in [-0.2, -0.15) is 0 Å². The number of ether oxygens (including phenoxy) is 1. The number of morpholine rings is 1. The van der Waals surface area contributed by atoms with Gasteiger partial charge in [-0.05, 0) is 44.2 Å². The number of furan rings is 1. The van der Waals surface area contributed by atoms with Crippen LogP contribution in [0.3, 0.4) is 0 Å². The van der Waals surface area contributed by atoms with E-state index in [0.717, 1.165) is 56.6 Å². The summed E-state index contributed by atoms with van der Waals surface area (Å²) in [4.78, 5) is 23.1. The van der Waals surface area contributed by atoms with Crippen LogP contribution in [0.15, 0.2) is 16.5 Å². The van der Waals surface area contributed by atoms with E-state index in [1.807, 2.05) is 19.1 Å². The highest BCUT2D eigenvalue weighted by atomic mass is 16.7.